The van der Waals surface area contributed by atoms with E-state index in [-0.39, 0.29) is 11.3 Å². The largest absolute Gasteiger partial charge is 0.480 e. The van der Waals surface area contributed by atoms with Gasteiger partial charge in [-0.3, -0.25) is 4.79 Å². The SMILES string of the molecule is CC(C)CCC(NC(=O)C1(C)CC2(CC2)C1)C(=O)O. The van der Waals surface area contributed by atoms with Crippen LogP contribution >= 0.6 is 0 Å². The van der Waals surface area contributed by atoms with E-state index in [1.54, 1.807) is 0 Å². The van der Waals surface area contributed by atoms with Crippen LogP contribution in [-0.4, -0.2) is 23.0 Å². The van der Waals surface area contributed by atoms with Crippen molar-refractivity contribution in [1.29, 1.82) is 0 Å². The van der Waals surface area contributed by atoms with Crippen molar-refractivity contribution < 1.29 is 14.7 Å². The van der Waals surface area contributed by atoms with Crippen molar-refractivity contribution in [3.8, 4) is 0 Å². The molecule has 2 aliphatic carbocycles. The molecule has 0 aromatic rings. The second kappa shape index (κ2) is 4.80. The molecule has 1 spiro atoms. The molecule has 2 aliphatic rings. The van der Waals surface area contributed by atoms with Gasteiger partial charge in [0.15, 0.2) is 0 Å². The van der Waals surface area contributed by atoms with Crippen LogP contribution in [0.1, 0.15) is 59.3 Å². The molecule has 0 saturated heterocycles. The summed E-state index contributed by atoms with van der Waals surface area (Å²) in [5, 5.41) is 11.9. The summed E-state index contributed by atoms with van der Waals surface area (Å²) >= 11 is 0. The van der Waals surface area contributed by atoms with Crippen molar-refractivity contribution in [2.45, 2.75) is 65.3 Å². The molecule has 4 heteroatoms. The fourth-order valence-electron chi connectivity index (χ4n) is 3.38. The van der Waals surface area contributed by atoms with Gasteiger partial charge in [0.05, 0.1) is 0 Å². The molecule has 0 radical (unpaired) electrons. The van der Waals surface area contributed by atoms with Gasteiger partial charge in [-0.2, -0.15) is 0 Å². The van der Waals surface area contributed by atoms with Crippen molar-refractivity contribution >= 4 is 11.9 Å². The first-order chi connectivity index (χ1) is 8.76. The predicted octanol–water partition coefficient (Wildman–Crippen LogP) is 2.57. The molecule has 108 valence electrons. The van der Waals surface area contributed by atoms with Crippen molar-refractivity contribution in [2.24, 2.45) is 16.7 Å². The maximum atomic E-state index is 12.2. The Morgan fingerprint density at radius 1 is 1.21 bits per heavy atom. The smallest absolute Gasteiger partial charge is 0.326 e. The van der Waals surface area contributed by atoms with E-state index in [4.69, 9.17) is 0 Å². The van der Waals surface area contributed by atoms with E-state index in [2.05, 4.69) is 19.2 Å². The van der Waals surface area contributed by atoms with Gasteiger partial charge in [-0.15, -0.1) is 0 Å². The molecule has 19 heavy (non-hydrogen) atoms. The summed E-state index contributed by atoms with van der Waals surface area (Å²) in [6.45, 7) is 6.09. The van der Waals surface area contributed by atoms with E-state index >= 15 is 0 Å². The Kier molecular flexibility index (Phi) is 3.63. The molecule has 2 fully saturated rings. The number of carboxylic acid groups (broad SMARTS) is 1. The van der Waals surface area contributed by atoms with Gasteiger partial charge in [-0.25, -0.2) is 4.79 Å². The van der Waals surface area contributed by atoms with Crippen LogP contribution in [0.2, 0.25) is 0 Å². The topological polar surface area (TPSA) is 66.4 Å². The molecule has 0 aliphatic heterocycles. The monoisotopic (exact) mass is 267 g/mol. The van der Waals surface area contributed by atoms with Crippen LogP contribution in [0.25, 0.3) is 0 Å². The first kappa shape index (κ1) is 14.4. The summed E-state index contributed by atoms with van der Waals surface area (Å²) < 4.78 is 0. The first-order valence-corrected chi connectivity index (χ1v) is 7.30. The van der Waals surface area contributed by atoms with E-state index in [0.717, 1.165) is 19.3 Å². The maximum absolute atomic E-state index is 12.2. The fraction of sp³-hybridized carbons (Fsp3) is 0.867. The second-order valence-electron chi connectivity index (χ2n) is 7.25. The molecule has 1 amide bonds. The van der Waals surface area contributed by atoms with Gasteiger partial charge in [0.1, 0.15) is 6.04 Å². The molecule has 0 heterocycles. The third kappa shape index (κ3) is 3.10. The highest BCUT2D eigenvalue weighted by atomic mass is 16.4. The minimum absolute atomic E-state index is 0.0684. The predicted molar refractivity (Wildman–Crippen MR) is 72.6 cm³/mol. The molecule has 2 N–H and O–H groups in total. The lowest BCUT2D eigenvalue weighted by molar-refractivity contribution is -0.147. The van der Waals surface area contributed by atoms with Gasteiger partial charge in [-0.05, 0) is 49.9 Å². The number of carboxylic acids is 1. The molecule has 1 unspecified atom stereocenters. The van der Waals surface area contributed by atoms with Gasteiger partial charge >= 0.3 is 5.97 Å². The van der Waals surface area contributed by atoms with Crippen molar-refractivity contribution in [3.05, 3.63) is 0 Å². The van der Waals surface area contributed by atoms with Crippen LogP contribution in [0.5, 0.6) is 0 Å². The zero-order valence-electron chi connectivity index (χ0n) is 12.2. The Balaban J connectivity index is 1.86. The van der Waals surface area contributed by atoms with Crippen molar-refractivity contribution in [2.75, 3.05) is 0 Å². The molecular weight excluding hydrogens is 242 g/mol. The van der Waals surface area contributed by atoms with Gasteiger partial charge in [-0.1, -0.05) is 20.8 Å². The van der Waals surface area contributed by atoms with E-state index in [1.807, 2.05) is 6.92 Å². The Morgan fingerprint density at radius 3 is 2.21 bits per heavy atom. The Labute approximate surface area is 115 Å². The van der Waals surface area contributed by atoms with Crippen molar-refractivity contribution in [3.63, 3.8) is 0 Å². The Hall–Kier alpha value is -1.06. The zero-order chi connectivity index (χ0) is 14.3. The normalized spacial score (nSPS) is 23.8. The molecule has 2 rings (SSSR count). The van der Waals surface area contributed by atoms with Crippen LogP contribution in [-0.2, 0) is 9.59 Å². The van der Waals surface area contributed by atoms with Crippen LogP contribution in [0.15, 0.2) is 0 Å². The Bertz CT molecular complexity index is 377. The second-order valence-corrected chi connectivity index (χ2v) is 7.25. The minimum atomic E-state index is -0.918. The third-order valence-electron chi connectivity index (χ3n) is 4.67. The summed E-state index contributed by atoms with van der Waals surface area (Å²) in [4.78, 5) is 23.5. The maximum Gasteiger partial charge on any atom is 0.326 e. The van der Waals surface area contributed by atoms with Crippen LogP contribution in [0, 0.1) is 16.7 Å². The lowest BCUT2D eigenvalue weighted by Crippen LogP contribution is -2.53. The van der Waals surface area contributed by atoms with Crippen LogP contribution < -0.4 is 5.32 Å². The van der Waals surface area contributed by atoms with Crippen molar-refractivity contribution in [1.82, 2.24) is 5.32 Å². The molecule has 1 atom stereocenters. The number of aliphatic carboxylic acids is 1. The number of hydrogen-bond acceptors (Lipinski definition) is 2. The number of hydrogen-bond donors (Lipinski definition) is 2. The van der Waals surface area contributed by atoms with E-state index < -0.39 is 12.0 Å². The van der Waals surface area contributed by atoms with Gasteiger partial charge in [0.2, 0.25) is 5.91 Å². The van der Waals surface area contributed by atoms with Gasteiger partial charge < -0.3 is 10.4 Å². The Morgan fingerprint density at radius 2 is 1.79 bits per heavy atom. The summed E-state index contributed by atoms with van der Waals surface area (Å²) in [7, 11) is 0. The summed E-state index contributed by atoms with van der Waals surface area (Å²) in [5.74, 6) is -0.535. The molecule has 0 aromatic heterocycles. The number of amides is 1. The van der Waals surface area contributed by atoms with Crippen LogP contribution in [0.4, 0.5) is 0 Å². The average Bonchev–Trinajstić information content (AvgIpc) is 3.02. The highest BCUT2D eigenvalue weighted by molar-refractivity contribution is 5.88. The van der Waals surface area contributed by atoms with Crippen LogP contribution in [0.3, 0.4) is 0 Å². The highest BCUT2D eigenvalue weighted by Gasteiger charge is 2.61. The number of rotatable bonds is 6. The lowest BCUT2D eigenvalue weighted by atomic mass is 9.60. The molecule has 0 aromatic carbocycles. The van der Waals surface area contributed by atoms with E-state index in [0.29, 0.717) is 17.8 Å². The van der Waals surface area contributed by atoms with E-state index in [9.17, 15) is 14.7 Å². The molecule has 2 saturated carbocycles. The van der Waals surface area contributed by atoms with Gasteiger partial charge in [0.25, 0.3) is 0 Å². The number of carbonyl (C=O) groups excluding carboxylic acids is 1. The quantitative estimate of drug-likeness (QED) is 0.777. The zero-order valence-corrected chi connectivity index (χ0v) is 12.2. The summed E-state index contributed by atoms with van der Waals surface area (Å²) in [6.07, 6.45) is 5.68. The third-order valence-corrected chi connectivity index (χ3v) is 4.67. The number of nitrogens with one attached hydrogen (secondary N) is 1. The standard InChI is InChI=1S/C15H25NO3/c1-10(2)4-5-11(12(17)18)16-13(19)14(3)8-15(9-14)6-7-15/h10-11H,4-9H2,1-3H3,(H,16,19)(H,17,18). The lowest BCUT2D eigenvalue weighted by Gasteiger charge is -2.45. The van der Waals surface area contributed by atoms with E-state index in [1.165, 1.54) is 12.8 Å². The molecule has 4 nitrogen and oxygen atoms in total. The molecular formula is C15H25NO3. The average molecular weight is 267 g/mol. The number of carbonyl (C=O) groups is 2. The minimum Gasteiger partial charge on any atom is -0.480 e. The fourth-order valence-corrected chi connectivity index (χ4v) is 3.38. The highest BCUT2D eigenvalue weighted by Crippen LogP contribution is 2.68. The summed E-state index contributed by atoms with van der Waals surface area (Å²) in [5.41, 5.74) is 0.116. The van der Waals surface area contributed by atoms with Gasteiger partial charge in [0, 0.05) is 5.41 Å². The first-order valence-electron chi connectivity index (χ1n) is 7.30. The molecule has 0 bridgehead atoms. The summed E-state index contributed by atoms with van der Waals surface area (Å²) in [6, 6.07) is -0.734.